The van der Waals surface area contributed by atoms with Crippen molar-refractivity contribution < 1.29 is 27.5 Å². The van der Waals surface area contributed by atoms with Crippen molar-refractivity contribution in [2.24, 2.45) is 5.92 Å². The largest absolute Gasteiger partial charge is 0.481 e. The van der Waals surface area contributed by atoms with Gasteiger partial charge in [0.05, 0.1) is 5.92 Å². The predicted molar refractivity (Wildman–Crippen MR) is 107 cm³/mol. The van der Waals surface area contributed by atoms with E-state index in [9.17, 15) is 18.0 Å². The molecule has 7 heteroatoms. The minimum Gasteiger partial charge on any atom is -0.481 e. The van der Waals surface area contributed by atoms with Crippen LogP contribution in [-0.4, -0.2) is 31.9 Å². The van der Waals surface area contributed by atoms with Crippen molar-refractivity contribution in [3.05, 3.63) is 60.2 Å². The molecule has 0 saturated heterocycles. The van der Waals surface area contributed by atoms with Gasteiger partial charge >= 0.3 is 12.1 Å². The van der Waals surface area contributed by atoms with Crippen molar-refractivity contribution in [2.45, 2.75) is 50.8 Å². The molecule has 0 atom stereocenters. The maximum Gasteiger partial charge on any atom is 0.416 e. The van der Waals surface area contributed by atoms with Gasteiger partial charge in [-0.15, -0.1) is 0 Å². The lowest BCUT2D eigenvalue weighted by atomic mass is 9.70. The van der Waals surface area contributed by atoms with Crippen LogP contribution in [0.15, 0.2) is 54.6 Å². The molecule has 0 amide bonds. The summed E-state index contributed by atoms with van der Waals surface area (Å²) in [5.74, 6) is -2.24. The highest BCUT2D eigenvalue weighted by atomic mass is 28.3. The van der Waals surface area contributed by atoms with E-state index in [-0.39, 0.29) is 5.41 Å². The molecule has 1 radical (unpaired) electrons. The number of aliphatic carboxylic acids is 1. The summed E-state index contributed by atoms with van der Waals surface area (Å²) in [6, 6.07) is 16.4. The Morgan fingerprint density at radius 1 is 1.00 bits per heavy atom. The molecule has 0 aromatic heterocycles. The highest BCUT2D eigenvalue weighted by Gasteiger charge is 2.65. The van der Waals surface area contributed by atoms with E-state index in [1.807, 2.05) is 24.3 Å². The van der Waals surface area contributed by atoms with Crippen LogP contribution >= 0.6 is 0 Å². The van der Waals surface area contributed by atoms with Gasteiger partial charge < -0.3 is 9.53 Å². The fourth-order valence-electron chi connectivity index (χ4n) is 3.47. The molecule has 0 heterocycles. The van der Waals surface area contributed by atoms with Gasteiger partial charge in [-0.2, -0.15) is 13.2 Å². The number of hydrogen-bond acceptors (Lipinski definition) is 2. The fraction of sp³-hybridized carbons (Fsp3) is 0.409. The molecule has 2 aromatic rings. The Labute approximate surface area is 170 Å². The third-order valence-electron chi connectivity index (χ3n) is 5.36. The Bertz CT molecular complexity index is 852. The molecule has 1 aliphatic carbocycles. The molecule has 155 valence electrons. The first kappa shape index (κ1) is 21.6. The van der Waals surface area contributed by atoms with E-state index in [1.165, 1.54) is 0 Å². The Balaban J connectivity index is 1.98. The first-order valence-corrected chi connectivity index (χ1v) is 10.9. The van der Waals surface area contributed by atoms with Crippen LogP contribution in [0.3, 0.4) is 0 Å². The van der Waals surface area contributed by atoms with Crippen LogP contribution < -0.4 is 10.4 Å². The highest BCUT2D eigenvalue weighted by molar-refractivity contribution is 6.80. The highest BCUT2D eigenvalue weighted by Crippen LogP contribution is 2.51. The van der Waals surface area contributed by atoms with Crippen LogP contribution in [-0.2, 0) is 14.6 Å². The Morgan fingerprint density at radius 3 is 1.97 bits per heavy atom. The van der Waals surface area contributed by atoms with Crippen molar-refractivity contribution in [2.75, 3.05) is 0 Å². The van der Waals surface area contributed by atoms with E-state index in [2.05, 4.69) is 20.8 Å². The van der Waals surface area contributed by atoms with Crippen molar-refractivity contribution in [3.8, 4) is 0 Å². The zero-order chi connectivity index (χ0) is 21.4. The number of hydrogen-bond donors (Lipinski definition) is 1. The molecular weight excluding hydrogens is 397 g/mol. The van der Waals surface area contributed by atoms with Gasteiger partial charge in [0.25, 0.3) is 9.04 Å². The van der Waals surface area contributed by atoms with E-state index in [1.54, 1.807) is 30.3 Å². The third-order valence-corrected chi connectivity index (χ3v) is 7.67. The summed E-state index contributed by atoms with van der Waals surface area (Å²) in [6.07, 6.45) is -5.73. The third kappa shape index (κ3) is 4.40. The molecule has 0 unspecified atom stereocenters. The lowest BCUT2D eigenvalue weighted by Crippen LogP contribution is -2.64. The molecule has 1 fully saturated rings. The van der Waals surface area contributed by atoms with Gasteiger partial charge in [0, 0.05) is 0 Å². The quantitative estimate of drug-likeness (QED) is 0.745. The summed E-state index contributed by atoms with van der Waals surface area (Å²) in [4.78, 5) is 11.1. The standard InChI is InChI=1S/C22H24F3O3Si/c1-20(2,3)16-9-11-18(12-10-16)29(17-7-5-4-6-8-17)28-21(22(23,24)25)13-15(14-21)19(26)27/h4-12,15H,13-14H2,1-3H3,(H,26,27). The summed E-state index contributed by atoms with van der Waals surface area (Å²) >= 11 is 0. The molecule has 1 saturated carbocycles. The summed E-state index contributed by atoms with van der Waals surface area (Å²) in [5, 5.41) is 10.5. The second-order valence-corrected chi connectivity index (χ2v) is 10.6. The van der Waals surface area contributed by atoms with Gasteiger partial charge in [-0.1, -0.05) is 75.4 Å². The SMILES string of the molecule is CC(C)(C)c1ccc([Si](OC2(C(F)(F)F)CC(C(=O)O)C2)c2ccccc2)cc1. The van der Waals surface area contributed by atoms with Crippen molar-refractivity contribution in [1.29, 1.82) is 0 Å². The molecule has 1 aliphatic rings. The average Bonchev–Trinajstić information content (AvgIpc) is 2.60. The van der Waals surface area contributed by atoms with Gasteiger partial charge in [-0.25, -0.2) is 0 Å². The smallest absolute Gasteiger partial charge is 0.416 e. The van der Waals surface area contributed by atoms with Crippen LogP contribution in [0, 0.1) is 5.92 Å². The Hall–Kier alpha value is -2.12. The number of alkyl halides is 3. The van der Waals surface area contributed by atoms with Gasteiger partial charge in [0.15, 0.2) is 5.60 Å². The number of rotatable bonds is 5. The minimum absolute atomic E-state index is 0.0745. The number of carboxylic acid groups (broad SMARTS) is 1. The van der Waals surface area contributed by atoms with Crippen LogP contribution in [0.4, 0.5) is 13.2 Å². The zero-order valence-corrected chi connectivity index (χ0v) is 17.6. The van der Waals surface area contributed by atoms with Crippen LogP contribution in [0.25, 0.3) is 0 Å². The number of carboxylic acids is 1. The van der Waals surface area contributed by atoms with Gasteiger partial charge in [-0.3, -0.25) is 4.79 Å². The van der Waals surface area contributed by atoms with E-state index in [0.29, 0.717) is 10.4 Å². The molecule has 2 aromatic carbocycles. The minimum atomic E-state index is -4.63. The summed E-state index contributed by atoms with van der Waals surface area (Å²) in [5.41, 5.74) is -1.41. The second-order valence-electron chi connectivity index (χ2n) is 8.56. The van der Waals surface area contributed by atoms with Crippen molar-refractivity contribution in [1.82, 2.24) is 0 Å². The van der Waals surface area contributed by atoms with Crippen LogP contribution in [0.1, 0.15) is 39.2 Å². The van der Waals surface area contributed by atoms with Gasteiger partial charge in [0.1, 0.15) is 0 Å². The van der Waals surface area contributed by atoms with E-state index in [0.717, 1.165) is 5.56 Å². The topological polar surface area (TPSA) is 46.5 Å². The molecule has 1 N–H and O–H groups in total. The van der Waals surface area contributed by atoms with Gasteiger partial charge in [0.2, 0.25) is 0 Å². The molecular formula is C22H24F3O3Si. The first-order chi connectivity index (χ1) is 13.4. The van der Waals surface area contributed by atoms with Gasteiger partial charge in [-0.05, 0) is 34.2 Å². The Morgan fingerprint density at radius 2 is 1.52 bits per heavy atom. The van der Waals surface area contributed by atoms with Crippen LogP contribution in [0.5, 0.6) is 0 Å². The Kier molecular flexibility index (Phi) is 5.66. The number of halogens is 3. The zero-order valence-electron chi connectivity index (χ0n) is 16.6. The van der Waals surface area contributed by atoms with Crippen molar-refractivity contribution >= 4 is 25.4 Å². The molecule has 0 aliphatic heterocycles. The average molecular weight is 422 g/mol. The number of carbonyl (C=O) groups is 1. The molecule has 3 rings (SSSR count). The van der Waals surface area contributed by atoms with Crippen molar-refractivity contribution in [3.63, 3.8) is 0 Å². The summed E-state index contributed by atoms with van der Waals surface area (Å²) in [6.45, 7) is 6.21. The van der Waals surface area contributed by atoms with E-state index < -0.39 is 45.5 Å². The lowest BCUT2D eigenvalue weighted by molar-refractivity contribution is -0.287. The molecule has 0 bridgehead atoms. The first-order valence-electron chi connectivity index (χ1n) is 9.45. The van der Waals surface area contributed by atoms with E-state index >= 15 is 0 Å². The second kappa shape index (κ2) is 7.61. The fourth-order valence-corrected chi connectivity index (χ4v) is 5.68. The lowest BCUT2D eigenvalue weighted by Gasteiger charge is -2.48. The summed E-state index contributed by atoms with van der Waals surface area (Å²) < 4.78 is 47.5. The molecule has 0 spiro atoms. The molecule has 3 nitrogen and oxygen atoms in total. The normalized spacial score (nSPS) is 22.4. The summed E-state index contributed by atoms with van der Waals surface area (Å²) in [7, 11) is -2.22. The number of benzene rings is 2. The van der Waals surface area contributed by atoms with E-state index in [4.69, 9.17) is 9.53 Å². The predicted octanol–water partition coefficient (Wildman–Crippen LogP) is 3.90. The maximum absolute atomic E-state index is 13.9. The van der Waals surface area contributed by atoms with Crippen LogP contribution in [0.2, 0.25) is 0 Å². The molecule has 29 heavy (non-hydrogen) atoms. The monoisotopic (exact) mass is 421 g/mol. The maximum atomic E-state index is 13.9.